The zero-order valence-electron chi connectivity index (χ0n) is 14.5. The lowest BCUT2D eigenvalue weighted by atomic mass is 9.91. The SMILES string of the molecule is CC1NNC(C)C1CCC(=O)N1CCN(c2ccccc2F)CC1. The normalized spacial score (nSPS) is 27.5. The number of benzene rings is 1. The summed E-state index contributed by atoms with van der Waals surface area (Å²) in [5.41, 5.74) is 7.10. The summed E-state index contributed by atoms with van der Waals surface area (Å²) in [5.74, 6) is 0.504. The number of anilines is 1. The second kappa shape index (κ2) is 7.49. The van der Waals surface area contributed by atoms with Crippen molar-refractivity contribution >= 4 is 11.6 Å². The lowest BCUT2D eigenvalue weighted by Gasteiger charge is -2.36. The van der Waals surface area contributed by atoms with Gasteiger partial charge in [0, 0.05) is 44.7 Å². The Morgan fingerprint density at radius 2 is 1.75 bits per heavy atom. The van der Waals surface area contributed by atoms with Gasteiger partial charge >= 0.3 is 0 Å². The highest BCUT2D eigenvalue weighted by atomic mass is 19.1. The van der Waals surface area contributed by atoms with Gasteiger partial charge < -0.3 is 9.80 Å². The maximum absolute atomic E-state index is 13.9. The molecule has 0 aliphatic carbocycles. The van der Waals surface area contributed by atoms with Gasteiger partial charge in [0.1, 0.15) is 5.82 Å². The van der Waals surface area contributed by atoms with Crippen LogP contribution in [0.15, 0.2) is 24.3 Å². The number of hydrazine groups is 1. The van der Waals surface area contributed by atoms with E-state index in [1.54, 1.807) is 12.1 Å². The monoisotopic (exact) mass is 334 g/mol. The Labute approximate surface area is 143 Å². The van der Waals surface area contributed by atoms with Crippen molar-refractivity contribution < 1.29 is 9.18 Å². The number of nitrogens with zero attached hydrogens (tertiary/aromatic N) is 2. The van der Waals surface area contributed by atoms with E-state index in [0.29, 0.717) is 56.3 Å². The zero-order valence-corrected chi connectivity index (χ0v) is 14.5. The molecule has 2 N–H and O–H groups in total. The topological polar surface area (TPSA) is 47.6 Å². The Bertz CT molecular complexity index is 564. The smallest absolute Gasteiger partial charge is 0.222 e. The first-order valence-corrected chi connectivity index (χ1v) is 8.84. The average molecular weight is 334 g/mol. The van der Waals surface area contributed by atoms with E-state index in [2.05, 4.69) is 24.7 Å². The summed E-state index contributed by atoms with van der Waals surface area (Å²) in [6.07, 6.45) is 1.48. The summed E-state index contributed by atoms with van der Waals surface area (Å²) < 4.78 is 13.9. The van der Waals surface area contributed by atoms with E-state index >= 15 is 0 Å². The van der Waals surface area contributed by atoms with Crippen LogP contribution in [0.1, 0.15) is 26.7 Å². The van der Waals surface area contributed by atoms with Gasteiger partial charge in [0.2, 0.25) is 5.91 Å². The van der Waals surface area contributed by atoms with Crippen LogP contribution in [0.3, 0.4) is 0 Å². The molecule has 2 atom stereocenters. The number of carbonyl (C=O) groups is 1. The fourth-order valence-electron chi connectivity index (χ4n) is 3.76. The zero-order chi connectivity index (χ0) is 17.1. The fraction of sp³-hybridized carbons (Fsp3) is 0.611. The van der Waals surface area contributed by atoms with Gasteiger partial charge in [0.05, 0.1) is 5.69 Å². The molecule has 1 aromatic rings. The number of rotatable bonds is 4. The minimum absolute atomic E-state index is 0.193. The fourth-order valence-corrected chi connectivity index (χ4v) is 3.76. The molecule has 0 aromatic heterocycles. The third-order valence-electron chi connectivity index (χ3n) is 5.34. The second-order valence-corrected chi connectivity index (χ2v) is 6.89. The molecule has 1 aromatic carbocycles. The van der Waals surface area contributed by atoms with Crippen molar-refractivity contribution in [3.05, 3.63) is 30.1 Å². The van der Waals surface area contributed by atoms with Crippen LogP contribution >= 0.6 is 0 Å². The van der Waals surface area contributed by atoms with E-state index in [-0.39, 0.29) is 11.7 Å². The highest BCUT2D eigenvalue weighted by Gasteiger charge is 2.31. The van der Waals surface area contributed by atoms with Gasteiger partial charge in [-0.25, -0.2) is 4.39 Å². The van der Waals surface area contributed by atoms with Gasteiger partial charge in [-0.2, -0.15) is 0 Å². The van der Waals surface area contributed by atoms with E-state index in [9.17, 15) is 9.18 Å². The van der Waals surface area contributed by atoms with Crippen molar-refractivity contribution in [2.24, 2.45) is 5.92 Å². The van der Waals surface area contributed by atoms with Gasteiger partial charge in [-0.15, -0.1) is 0 Å². The van der Waals surface area contributed by atoms with Crippen LogP contribution in [0.5, 0.6) is 0 Å². The summed E-state index contributed by atoms with van der Waals surface area (Å²) in [7, 11) is 0. The van der Waals surface area contributed by atoms with E-state index in [4.69, 9.17) is 0 Å². The third kappa shape index (κ3) is 3.70. The molecule has 2 fully saturated rings. The number of hydrogen-bond acceptors (Lipinski definition) is 4. The molecule has 0 spiro atoms. The van der Waals surface area contributed by atoms with Crippen molar-refractivity contribution in [2.75, 3.05) is 31.1 Å². The van der Waals surface area contributed by atoms with Gasteiger partial charge in [-0.05, 0) is 38.3 Å². The molecule has 1 amide bonds. The van der Waals surface area contributed by atoms with E-state index in [1.807, 2.05) is 15.9 Å². The van der Waals surface area contributed by atoms with Gasteiger partial charge in [0.25, 0.3) is 0 Å². The third-order valence-corrected chi connectivity index (χ3v) is 5.34. The summed E-state index contributed by atoms with van der Waals surface area (Å²) in [6, 6.07) is 7.63. The molecule has 0 radical (unpaired) electrons. The Hall–Kier alpha value is -1.66. The van der Waals surface area contributed by atoms with Crippen LogP contribution in [0.25, 0.3) is 0 Å². The number of hydrogen-bond donors (Lipinski definition) is 2. The van der Waals surface area contributed by atoms with Crippen molar-refractivity contribution in [1.29, 1.82) is 0 Å². The molecule has 24 heavy (non-hydrogen) atoms. The molecular formula is C18H27FN4O. The maximum atomic E-state index is 13.9. The van der Waals surface area contributed by atoms with Crippen LogP contribution < -0.4 is 15.8 Å². The Kier molecular flexibility index (Phi) is 5.36. The van der Waals surface area contributed by atoms with Crippen LogP contribution in [0, 0.1) is 11.7 Å². The molecule has 5 nitrogen and oxygen atoms in total. The highest BCUT2D eigenvalue weighted by molar-refractivity contribution is 5.76. The predicted molar refractivity (Wildman–Crippen MR) is 93.1 cm³/mol. The van der Waals surface area contributed by atoms with Crippen molar-refractivity contribution in [1.82, 2.24) is 15.8 Å². The van der Waals surface area contributed by atoms with Crippen LogP contribution in [-0.2, 0) is 4.79 Å². The standard InChI is InChI=1S/C18H27FN4O/c1-13-15(14(2)21-20-13)7-8-18(24)23-11-9-22(10-12-23)17-6-4-3-5-16(17)19/h3-6,13-15,20-21H,7-12H2,1-2H3. The van der Waals surface area contributed by atoms with Crippen molar-refractivity contribution in [3.8, 4) is 0 Å². The number of para-hydroxylation sites is 1. The minimum atomic E-state index is -0.193. The molecule has 2 saturated heterocycles. The lowest BCUT2D eigenvalue weighted by Crippen LogP contribution is -2.49. The van der Waals surface area contributed by atoms with Crippen LogP contribution in [-0.4, -0.2) is 49.1 Å². The molecule has 2 heterocycles. The lowest BCUT2D eigenvalue weighted by molar-refractivity contribution is -0.131. The maximum Gasteiger partial charge on any atom is 0.222 e. The molecule has 2 aliphatic rings. The molecule has 2 aliphatic heterocycles. The van der Waals surface area contributed by atoms with Crippen LogP contribution in [0.2, 0.25) is 0 Å². The molecule has 0 saturated carbocycles. The molecule has 0 bridgehead atoms. The van der Waals surface area contributed by atoms with Crippen molar-refractivity contribution in [3.63, 3.8) is 0 Å². The number of halogens is 1. The van der Waals surface area contributed by atoms with E-state index in [1.165, 1.54) is 6.07 Å². The Morgan fingerprint density at radius 1 is 1.12 bits per heavy atom. The predicted octanol–water partition coefficient (Wildman–Crippen LogP) is 1.76. The first-order valence-electron chi connectivity index (χ1n) is 8.84. The quantitative estimate of drug-likeness (QED) is 0.881. The average Bonchev–Trinajstić information content (AvgIpc) is 2.91. The number of carbonyl (C=O) groups excluding carboxylic acids is 1. The summed E-state index contributed by atoms with van der Waals surface area (Å²) in [5, 5.41) is 0. The molecular weight excluding hydrogens is 307 g/mol. The highest BCUT2D eigenvalue weighted by Crippen LogP contribution is 2.22. The molecule has 6 heteroatoms. The van der Waals surface area contributed by atoms with Gasteiger partial charge in [0.15, 0.2) is 0 Å². The summed E-state index contributed by atoms with van der Waals surface area (Å²) in [6.45, 7) is 7.01. The largest absolute Gasteiger partial charge is 0.366 e. The summed E-state index contributed by atoms with van der Waals surface area (Å²) >= 11 is 0. The summed E-state index contributed by atoms with van der Waals surface area (Å²) in [4.78, 5) is 16.4. The molecule has 132 valence electrons. The van der Waals surface area contributed by atoms with Crippen molar-refractivity contribution in [2.45, 2.75) is 38.8 Å². The van der Waals surface area contributed by atoms with Gasteiger partial charge in [-0.1, -0.05) is 12.1 Å². The van der Waals surface area contributed by atoms with Gasteiger partial charge in [-0.3, -0.25) is 15.6 Å². The number of nitrogens with one attached hydrogen (secondary N) is 2. The number of amides is 1. The molecule has 3 rings (SSSR count). The minimum Gasteiger partial charge on any atom is -0.366 e. The van der Waals surface area contributed by atoms with E-state index < -0.39 is 0 Å². The molecule has 2 unspecified atom stereocenters. The van der Waals surface area contributed by atoms with Crippen LogP contribution in [0.4, 0.5) is 10.1 Å². The first kappa shape index (κ1) is 17.2. The second-order valence-electron chi connectivity index (χ2n) is 6.89. The Morgan fingerprint density at radius 3 is 2.38 bits per heavy atom. The number of piperazine rings is 1. The van der Waals surface area contributed by atoms with E-state index in [0.717, 1.165) is 6.42 Å². The first-order chi connectivity index (χ1) is 11.6. The Balaban J connectivity index is 1.48.